The van der Waals surface area contributed by atoms with E-state index in [0.717, 1.165) is 11.1 Å². The fraction of sp³-hybridized carbons (Fsp3) is 0.217. The van der Waals surface area contributed by atoms with Crippen LogP contribution < -0.4 is 10.6 Å². The van der Waals surface area contributed by atoms with Gasteiger partial charge in [-0.25, -0.2) is 0 Å². The van der Waals surface area contributed by atoms with E-state index < -0.39 is 0 Å². The van der Waals surface area contributed by atoms with Crippen molar-refractivity contribution >= 4 is 17.5 Å². The predicted molar refractivity (Wildman–Crippen MR) is 114 cm³/mol. The molecule has 0 aliphatic carbocycles. The van der Waals surface area contributed by atoms with E-state index in [0.29, 0.717) is 28.9 Å². The normalized spacial score (nSPS) is 10.5. The van der Waals surface area contributed by atoms with Crippen molar-refractivity contribution in [3.05, 3.63) is 82.7 Å². The van der Waals surface area contributed by atoms with Crippen LogP contribution >= 0.6 is 0 Å². The number of carbonyl (C=O) groups excluding carboxylic acids is 2. The minimum Gasteiger partial charge on any atom is -0.348 e. The molecule has 7 nitrogen and oxygen atoms in total. The molecule has 2 aromatic carbocycles. The Morgan fingerprint density at radius 1 is 1.13 bits per heavy atom. The number of aromatic nitrogens is 2. The van der Waals surface area contributed by atoms with Crippen LogP contribution in [0.2, 0.25) is 0 Å². The van der Waals surface area contributed by atoms with E-state index in [1.807, 2.05) is 37.7 Å². The summed E-state index contributed by atoms with van der Waals surface area (Å²) in [5, 5.41) is 19.0. The van der Waals surface area contributed by atoms with Crippen LogP contribution in [0.3, 0.4) is 0 Å². The molecule has 0 aliphatic heterocycles. The second kappa shape index (κ2) is 9.05. The number of rotatable bonds is 6. The van der Waals surface area contributed by atoms with Gasteiger partial charge in [0.05, 0.1) is 17.8 Å². The van der Waals surface area contributed by atoms with Gasteiger partial charge in [0, 0.05) is 41.2 Å². The quantitative estimate of drug-likeness (QED) is 0.656. The second-order valence-electron chi connectivity index (χ2n) is 7.28. The molecule has 1 aromatic heterocycles. The highest BCUT2D eigenvalue weighted by atomic mass is 16.2. The molecule has 0 unspecified atom stereocenters. The Bertz CT molecular complexity index is 1120. The Morgan fingerprint density at radius 2 is 1.90 bits per heavy atom. The van der Waals surface area contributed by atoms with Gasteiger partial charge in [-0.15, -0.1) is 0 Å². The Balaban J connectivity index is 1.69. The van der Waals surface area contributed by atoms with Crippen LogP contribution in [0, 0.1) is 18.3 Å². The van der Waals surface area contributed by atoms with Crippen molar-refractivity contribution in [2.45, 2.75) is 33.4 Å². The summed E-state index contributed by atoms with van der Waals surface area (Å²) < 4.78 is 1.84. The van der Waals surface area contributed by atoms with E-state index in [1.165, 1.54) is 6.07 Å². The van der Waals surface area contributed by atoms with Crippen molar-refractivity contribution in [1.29, 1.82) is 5.26 Å². The molecular formula is C23H23N5O2. The lowest BCUT2D eigenvalue weighted by atomic mass is 10.1. The Hall–Kier alpha value is -3.92. The van der Waals surface area contributed by atoms with Crippen molar-refractivity contribution in [2.75, 3.05) is 5.32 Å². The Morgan fingerprint density at radius 3 is 2.60 bits per heavy atom. The molecule has 0 saturated heterocycles. The van der Waals surface area contributed by atoms with Crippen molar-refractivity contribution in [1.82, 2.24) is 15.1 Å². The molecule has 0 fully saturated rings. The molecule has 0 spiro atoms. The summed E-state index contributed by atoms with van der Waals surface area (Å²) in [7, 11) is 0. The van der Waals surface area contributed by atoms with E-state index in [2.05, 4.69) is 15.7 Å². The molecule has 0 radical (unpaired) electrons. The molecule has 0 aliphatic rings. The molecule has 30 heavy (non-hydrogen) atoms. The van der Waals surface area contributed by atoms with Gasteiger partial charge in [-0.05, 0) is 56.7 Å². The monoisotopic (exact) mass is 401 g/mol. The van der Waals surface area contributed by atoms with Crippen LogP contribution in [-0.4, -0.2) is 21.6 Å². The van der Waals surface area contributed by atoms with Gasteiger partial charge in [0.1, 0.15) is 0 Å². The third-order valence-electron chi connectivity index (χ3n) is 4.64. The molecule has 2 N–H and O–H groups in total. The first-order chi connectivity index (χ1) is 14.4. The van der Waals surface area contributed by atoms with Gasteiger partial charge in [-0.2, -0.15) is 10.4 Å². The number of nitrogens with one attached hydrogen (secondary N) is 2. The zero-order valence-corrected chi connectivity index (χ0v) is 17.1. The van der Waals surface area contributed by atoms with Crippen molar-refractivity contribution < 1.29 is 9.59 Å². The van der Waals surface area contributed by atoms with E-state index in [9.17, 15) is 9.59 Å². The average Bonchev–Trinajstić information content (AvgIpc) is 3.23. The van der Waals surface area contributed by atoms with Crippen molar-refractivity contribution in [3.63, 3.8) is 0 Å². The fourth-order valence-corrected chi connectivity index (χ4v) is 2.86. The number of nitrogens with zero attached hydrogens (tertiary/aromatic N) is 3. The topological polar surface area (TPSA) is 99.8 Å². The zero-order valence-electron chi connectivity index (χ0n) is 17.1. The van der Waals surface area contributed by atoms with Gasteiger partial charge in [-0.3, -0.25) is 14.3 Å². The van der Waals surface area contributed by atoms with E-state index in [-0.39, 0.29) is 17.9 Å². The molecule has 0 bridgehead atoms. The number of hydrogen-bond acceptors (Lipinski definition) is 4. The highest BCUT2D eigenvalue weighted by molar-refractivity contribution is 6.05. The molecule has 0 saturated carbocycles. The summed E-state index contributed by atoms with van der Waals surface area (Å²) in [4.78, 5) is 25.1. The minimum atomic E-state index is -0.339. The largest absolute Gasteiger partial charge is 0.348 e. The van der Waals surface area contributed by atoms with Gasteiger partial charge in [0.2, 0.25) is 0 Å². The number of hydrogen-bond donors (Lipinski definition) is 2. The molecule has 2 amide bonds. The minimum absolute atomic E-state index is 0.241. The third kappa shape index (κ3) is 4.92. The Kier molecular flexibility index (Phi) is 6.28. The maximum Gasteiger partial charge on any atom is 0.255 e. The van der Waals surface area contributed by atoms with E-state index in [4.69, 9.17) is 5.26 Å². The van der Waals surface area contributed by atoms with Gasteiger partial charge in [0.25, 0.3) is 11.8 Å². The lowest BCUT2D eigenvalue weighted by Gasteiger charge is -2.11. The summed E-state index contributed by atoms with van der Waals surface area (Å²) in [6, 6.07) is 13.9. The number of carbonyl (C=O) groups is 2. The third-order valence-corrected chi connectivity index (χ3v) is 4.64. The van der Waals surface area contributed by atoms with E-state index >= 15 is 0 Å². The maximum atomic E-state index is 12.6. The van der Waals surface area contributed by atoms with Crippen LogP contribution in [0.4, 0.5) is 5.69 Å². The lowest BCUT2D eigenvalue weighted by Crippen LogP contribution is -2.23. The first-order valence-electron chi connectivity index (χ1n) is 9.61. The molecule has 7 heteroatoms. The zero-order chi connectivity index (χ0) is 21.7. The van der Waals surface area contributed by atoms with Crippen LogP contribution in [0.1, 0.15) is 57.3 Å². The second-order valence-corrected chi connectivity index (χ2v) is 7.28. The highest BCUT2D eigenvalue weighted by Gasteiger charge is 2.12. The standard InChI is InChI=1S/C23H23N5O2/c1-15(2)28-14-18(13-26-28)12-25-22(29)20-8-7-16(3)21(10-20)27-23(30)19-6-4-5-17(9-19)11-24/h4-10,13-15H,12H2,1-3H3,(H,25,29)(H,27,30). The number of benzene rings is 2. The van der Waals surface area contributed by atoms with Crippen molar-refractivity contribution in [3.8, 4) is 6.07 Å². The summed E-state index contributed by atoms with van der Waals surface area (Å²) in [5.74, 6) is -0.580. The van der Waals surface area contributed by atoms with Crippen molar-refractivity contribution in [2.24, 2.45) is 0 Å². The molecule has 1 heterocycles. The van der Waals surface area contributed by atoms with Crippen LogP contribution in [0.25, 0.3) is 0 Å². The SMILES string of the molecule is Cc1ccc(C(=O)NCc2cnn(C(C)C)c2)cc1NC(=O)c1cccc(C#N)c1. The smallest absolute Gasteiger partial charge is 0.255 e. The summed E-state index contributed by atoms with van der Waals surface area (Å²) in [6.45, 7) is 6.29. The predicted octanol–water partition coefficient (Wildman–Crippen LogP) is 3.83. The van der Waals surface area contributed by atoms with Crippen LogP contribution in [0.15, 0.2) is 54.9 Å². The molecule has 0 atom stereocenters. The molecule has 152 valence electrons. The van der Waals surface area contributed by atoms with Gasteiger partial charge < -0.3 is 10.6 Å². The average molecular weight is 401 g/mol. The first kappa shape index (κ1) is 20.8. The van der Waals surface area contributed by atoms with E-state index in [1.54, 1.807) is 42.6 Å². The van der Waals surface area contributed by atoms with Crippen LogP contribution in [0.5, 0.6) is 0 Å². The highest BCUT2D eigenvalue weighted by Crippen LogP contribution is 2.19. The lowest BCUT2D eigenvalue weighted by molar-refractivity contribution is 0.0949. The summed E-state index contributed by atoms with van der Waals surface area (Å²) in [6.07, 6.45) is 3.64. The Labute approximate surface area is 175 Å². The molecule has 3 aromatic rings. The molecule has 3 rings (SSSR count). The van der Waals surface area contributed by atoms with Gasteiger partial charge in [-0.1, -0.05) is 12.1 Å². The number of aryl methyl sites for hydroxylation is 1. The van der Waals surface area contributed by atoms with Crippen LogP contribution in [-0.2, 0) is 6.54 Å². The maximum absolute atomic E-state index is 12.6. The number of anilines is 1. The fourth-order valence-electron chi connectivity index (χ4n) is 2.86. The first-order valence-corrected chi connectivity index (χ1v) is 9.61. The van der Waals surface area contributed by atoms with Gasteiger partial charge in [0.15, 0.2) is 0 Å². The van der Waals surface area contributed by atoms with Gasteiger partial charge >= 0.3 is 0 Å². The summed E-state index contributed by atoms with van der Waals surface area (Å²) in [5.41, 5.74) is 3.52. The number of nitriles is 1. The summed E-state index contributed by atoms with van der Waals surface area (Å²) >= 11 is 0. The number of amides is 2. The molecular weight excluding hydrogens is 378 g/mol.